The standard InChI is InChI=1S/C17H32N2.Sr.2H/c1-10-16(6,7)12-13(17(8,9)11-2)19-14(18-12)15(3,4)5;;;/h10-11H2,1-9H3,(H,18,19);;;/q;+2;2*-1. The van der Waals surface area contributed by atoms with Gasteiger partial charge in [0.15, 0.2) is 0 Å². The summed E-state index contributed by atoms with van der Waals surface area (Å²) >= 11 is 0. The normalized spacial score (nSPS) is 13.2. The van der Waals surface area contributed by atoms with Gasteiger partial charge in [0, 0.05) is 21.9 Å². The van der Waals surface area contributed by atoms with Crippen molar-refractivity contribution in [2.45, 2.75) is 91.4 Å². The third kappa shape index (κ3) is 4.35. The second-order valence-corrected chi connectivity index (χ2v) is 8.03. The average Bonchev–Trinajstić information content (AvgIpc) is 2.74. The zero-order valence-corrected chi connectivity index (χ0v) is 18.5. The first kappa shape index (κ1) is 20.7. The van der Waals surface area contributed by atoms with Gasteiger partial charge < -0.3 is 7.84 Å². The number of rotatable bonds is 4. The zero-order valence-electron chi connectivity index (χ0n) is 17.1. The minimum atomic E-state index is 0. The van der Waals surface area contributed by atoms with Crippen LogP contribution in [0.4, 0.5) is 0 Å². The summed E-state index contributed by atoms with van der Waals surface area (Å²) in [4.78, 5) is 8.62. The van der Waals surface area contributed by atoms with Crippen molar-refractivity contribution < 1.29 is 2.85 Å². The van der Waals surface area contributed by atoms with E-state index in [-0.39, 0.29) is 64.6 Å². The predicted octanol–water partition coefficient (Wildman–Crippen LogP) is 4.93. The SMILES string of the molecule is CCC(C)(C)c1nc(C(C)(C)C)[nH]c1C(C)(C)CC.[H-].[H-].[Sr+2]. The Hall–Kier alpha value is 0.691. The van der Waals surface area contributed by atoms with Crippen LogP contribution in [0.5, 0.6) is 0 Å². The van der Waals surface area contributed by atoms with Crippen molar-refractivity contribution in [1.82, 2.24) is 9.97 Å². The Morgan fingerprint density at radius 1 is 0.900 bits per heavy atom. The van der Waals surface area contributed by atoms with E-state index in [0.717, 1.165) is 18.7 Å². The maximum absolute atomic E-state index is 4.98. The van der Waals surface area contributed by atoms with E-state index in [9.17, 15) is 0 Å². The van der Waals surface area contributed by atoms with Gasteiger partial charge in [0.05, 0.1) is 5.69 Å². The van der Waals surface area contributed by atoms with E-state index in [2.05, 4.69) is 67.3 Å². The van der Waals surface area contributed by atoms with Crippen molar-refractivity contribution in [3.63, 3.8) is 0 Å². The molecule has 0 unspecified atom stereocenters. The number of nitrogens with zero attached hydrogens (tertiary/aromatic N) is 1. The number of H-pyrrole nitrogens is 1. The molecule has 0 aliphatic heterocycles. The Balaban J connectivity index is -0.00000120. The van der Waals surface area contributed by atoms with Gasteiger partial charge in [-0.05, 0) is 12.8 Å². The van der Waals surface area contributed by atoms with E-state index < -0.39 is 0 Å². The van der Waals surface area contributed by atoms with Crippen LogP contribution < -0.4 is 0 Å². The van der Waals surface area contributed by atoms with Crippen LogP contribution in [0.1, 0.15) is 95.2 Å². The third-order valence-electron chi connectivity index (χ3n) is 4.50. The largest absolute Gasteiger partial charge is 2.00 e. The van der Waals surface area contributed by atoms with E-state index >= 15 is 0 Å². The molecule has 114 valence electrons. The number of hydrogen-bond acceptors (Lipinski definition) is 1. The van der Waals surface area contributed by atoms with Crippen LogP contribution in [-0.2, 0) is 16.2 Å². The molecule has 1 N–H and O–H groups in total. The molecule has 3 heteroatoms. The predicted molar refractivity (Wildman–Crippen MR) is 91.9 cm³/mol. The van der Waals surface area contributed by atoms with Crippen LogP contribution in [0.15, 0.2) is 0 Å². The molecule has 20 heavy (non-hydrogen) atoms. The number of hydrogen-bond donors (Lipinski definition) is 1. The van der Waals surface area contributed by atoms with Gasteiger partial charge >= 0.3 is 45.5 Å². The van der Waals surface area contributed by atoms with E-state index in [4.69, 9.17) is 4.98 Å². The molecule has 0 amide bonds. The molecule has 0 aromatic carbocycles. The molecule has 0 atom stereocenters. The summed E-state index contributed by atoms with van der Waals surface area (Å²) in [6.45, 7) is 20.4. The number of imidazole rings is 1. The Morgan fingerprint density at radius 2 is 1.35 bits per heavy atom. The molecule has 0 aliphatic carbocycles. The fraction of sp³-hybridized carbons (Fsp3) is 0.824. The quantitative estimate of drug-likeness (QED) is 0.764. The first-order chi connectivity index (χ1) is 8.45. The van der Waals surface area contributed by atoms with Crippen molar-refractivity contribution in [3.05, 3.63) is 17.2 Å². The fourth-order valence-corrected chi connectivity index (χ4v) is 2.05. The molecule has 0 saturated carbocycles. The topological polar surface area (TPSA) is 28.7 Å². The summed E-state index contributed by atoms with van der Waals surface area (Å²) < 4.78 is 0. The molecule has 0 fully saturated rings. The Labute approximate surface area is 165 Å². The van der Waals surface area contributed by atoms with Crippen LogP contribution in [0, 0.1) is 0 Å². The van der Waals surface area contributed by atoms with E-state index in [0.29, 0.717) is 0 Å². The molecule has 1 rings (SSSR count). The third-order valence-corrected chi connectivity index (χ3v) is 4.50. The second kappa shape index (κ2) is 6.85. The summed E-state index contributed by atoms with van der Waals surface area (Å²) in [7, 11) is 0. The van der Waals surface area contributed by atoms with Crippen molar-refractivity contribution in [2.75, 3.05) is 0 Å². The Kier molecular flexibility index (Phi) is 7.09. The van der Waals surface area contributed by atoms with Crippen LogP contribution in [-0.4, -0.2) is 55.4 Å². The van der Waals surface area contributed by atoms with E-state index in [1.54, 1.807) is 0 Å². The molecule has 0 spiro atoms. The number of nitrogens with one attached hydrogen (secondary N) is 1. The maximum atomic E-state index is 4.98. The van der Waals surface area contributed by atoms with Gasteiger partial charge in [-0.25, -0.2) is 4.98 Å². The van der Waals surface area contributed by atoms with Crippen LogP contribution >= 0.6 is 0 Å². The van der Waals surface area contributed by atoms with Crippen LogP contribution in [0.2, 0.25) is 0 Å². The fourth-order valence-electron chi connectivity index (χ4n) is 2.05. The van der Waals surface area contributed by atoms with Gasteiger partial charge in [-0.1, -0.05) is 62.3 Å². The summed E-state index contributed by atoms with van der Waals surface area (Å²) in [5, 5.41) is 0. The van der Waals surface area contributed by atoms with Gasteiger partial charge in [-0.3, -0.25) is 0 Å². The molecule has 1 aromatic rings. The molecule has 2 nitrogen and oxygen atoms in total. The Bertz CT molecular complexity index is 413. The first-order valence-electron chi connectivity index (χ1n) is 7.57. The molecule has 0 bridgehead atoms. The van der Waals surface area contributed by atoms with Gasteiger partial charge in [-0.15, -0.1) is 0 Å². The van der Waals surface area contributed by atoms with Gasteiger partial charge in [0.25, 0.3) is 0 Å². The van der Waals surface area contributed by atoms with Gasteiger partial charge in [0.1, 0.15) is 5.82 Å². The average molecular weight is 354 g/mol. The number of aromatic amines is 1. The second-order valence-electron chi connectivity index (χ2n) is 8.03. The van der Waals surface area contributed by atoms with Crippen molar-refractivity contribution in [1.29, 1.82) is 0 Å². The molecular weight excluding hydrogens is 320 g/mol. The Morgan fingerprint density at radius 3 is 1.70 bits per heavy atom. The molecule has 0 saturated heterocycles. The smallest absolute Gasteiger partial charge is 1.00 e. The zero-order chi connectivity index (χ0) is 15.1. The summed E-state index contributed by atoms with van der Waals surface area (Å²) in [5.41, 5.74) is 2.93. The molecule has 1 aromatic heterocycles. The van der Waals surface area contributed by atoms with Gasteiger partial charge in [-0.2, -0.15) is 0 Å². The van der Waals surface area contributed by atoms with Crippen molar-refractivity contribution in [2.24, 2.45) is 0 Å². The monoisotopic (exact) mass is 354 g/mol. The van der Waals surface area contributed by atoms with Crippen LogP contribution in [0.25, 0.3) is 0 Å². The van der Waals surface area contributed by atoms with Crippen molar-refractivity contribution >= 4 is 45.5 Å². The van der Waals surface area contributed by atoms with E-state index in [1.165, 1.54) is 11.4 Å². The summed E-state index contributed by atoms with van der Waals surface area (Å²) in [5.74, 6) is 1.11. The maximum Gasteiger partial charge on any atom is 2.00 e. The van der Waals surface area contributed by atoms with Crippen molar-refractivity contribution in [3.8, 4) is 0 Å². The molecule has 1 heterocycles. The molecule has 0 radical (unpaired) electrons. The summed E-state index contributed by atoms with van der Waals surface area (Å²) in [6, 6.07) is 0. The van der Waals surface area contributed by atoms with E-state index in [1.807, 2.05) is 0 Å². The summed E-state index contributed by atoms with van der Waals surface area (Å²) in [6.07, 6.45) is 2.22. The van der Waals surface area contributed by atoms with Gasteiger partial charge in [0.2, 0.25) is 0 Å². The van der Waals surface area contributed by atoms with Crippen LogP contribution in [0.3, 0.4) is 0 Å². The number of aromatic nitrogens is 2. The minimum absolute atomic E-state index is 0. The minimum Gasteiger partial charge on any atom is -1.00 e. The molecule has 0 aliphatic rings. The molecular formula is C17H34N2Sr. The first-order valence-corrected chi connectivity index (χ1v) is 7.57.